The molecule has 0 radical (unpaired) electrons. The van der Waals surface area contributed by atoms with Crippen LogP contribution in [-0.4, -0.2) is 44.9 Å². The fourth-order valence-electron chi connectivity index (χ4n) is 1.98. The van der Waals surface area contributed by atoms with Gasteiger partial charge in [0.1, 0.15) is 5.69 Å². The van der Waals surface area contributed by atoms with Gasteiger partial charge in [0.05, 0.1) is 18.1 Å². The van der Waals surface area contributed by atoms with E-state index in [2.05, 4.69) is 15.9 Å². The average Bonchev–Trinajstić information content (AvgIpc) is 2.40. The van der Waals surface area contributed by atoms with E-state index < -0.39 is 0 Å². The Hall–Kier alpha value is -1.18. The second-order valence-electron chi connectivity index (χ2n) is 4.38. The lowest BCUT2D eigenvalue weighted by Crippen LogP contribution is -2.39. The molecule has 0 saturated heterocycles. The minimum atomic E-state index is -0.376. The quantitative estimate of drug-likeness (QED) is 0.534. The number of ether oxygens (including phenoxy) is 2. The van der Waals surface area contributed by atoms with Crippen LogP contribution in [0.15, 0.2) is 22.7 Å². The van der Waals surface area contributed by atoms with Crippen LogP contribution < -0.4 is 4.90 Å². The van der Waals surface area contributed by atoms with E-state index >= 15 is 0 Å². The van der Waals surface area contributed by atoms with Gasteiger partial charge in [-0.2, -0.15) is 0 Å². The number of rotatable bonds is 8. The van der Waals surface area contributed by atoms with Crippen molar-refractivity contribution in [3.63, 3.8) is 0 Å². The summed E-state index contributed by atoms with van der Waals surface area (Å²) in [6.07, 6.45) is 0. The molecule has 0 N–H and O–H groups in total. The maximum absolute atomic E-state index is 11.2. The fourth-order valence-corrected chi connectivity index (χ4v) is 2.33. The van der Waals surface area contributed by atoms with Crippen LogP contribution in [0.1, 0.15) is 6.92 Å². The van der Waals surface area contributed by atoms with E-state index in [4.69, 9.17) is 9.47 Å². The smallest absolute Gasteiger partial charge is 0.293 e. The summed E-state index contributed by atoms with van der Waals surface area (Å²) in [6, 6.07) is 5.05. The van der Waals surface area contributed by atoms with Crippen LogP contribution in [0.4, 0.5) is 11.4 Å². The van der Waals surface area contributed by atoms with Gasteiger partial charge in [0.25, 0.3) is 5.69 Å². The number of anilines is 1. The number of halogens is 1. The maximum Gasteiger partial charge on any atom is 0.293 e. The van der Waals surface area contributed by atoms with E-state index in [-0.39, 0.29) is 16.7 Å². The molecule has 1 unspecified atom stereocenters. The lowest BCUT2D eigenvalue weighted by atomic mass is 10.2. The summed E-state index contributed by atoms with van der Waals surface area (Å²) in [7, 11) is 3.22. The van der Waals surface area contributed by atoms with Gasteiger partial charge in [-0.05, 0) is 19.1 Å². The van der Waals surface area contributed by atoms with Crippen molar-refractivity contribution in [3.05, 3.63) is 32.8 Å². The Morgan fingerprint density at radius 1 is 1.40 bits per heavy atom. The van der Waals surface area contributed by atoms with Crippen molar-refractivity contribution in [3.8, 4) is 0 Å². The zero-order valence-corrected chi connectivity index (χ0v) is 13.4. The number of methoxy groups -OCH3 is 2. The minimum absolute atomic E-state index is 0.00928. The Kier molecular flexibility index (Phi) is 6.90. The standard InChI is InChI=1S/C13H19BrN2O4/c1-10(9-20-3)15(6-7-19-2)12-5-4-11(14)8-13(12)16(17)18/h4-5,8,10H,6-7,9H2,1-3H3. The normalized spacial score (nSPS) is 12.2. The number of benzene rings is 1. The summed E-state index contributed by atoms with van der Waals surface area (Å²) in [5.74, 6) is 0. The fraction of sp³-hybridized carbons (Fsp3) is 0.538. The number of nitrogens with zero attached hydrogens (tertiary/aromatic N) is 2. The lowest BCUT2D eigenvalue weighted by Gasteiger charge is -2.30. The van der Waals surface area contributed by atoms with Gasteiger partial charge in [0, 0.05) is 37.3 Å². The molecule has 0 aliphatic heterocycles. The molecule has 0 aromatic heterocycles. The molecular formula is C13H19BrN2O4. The summed E-state index contributed by atoms with van der Waals surface area (Å²) >= 11 is 3.26. The first-order valence-electron chi connectivity index (χ1n) is 6.19. The molecule has 0 spiro atoms. The van der Waals surface area contributed by atoms with E-state index in [0.717, 1.165) is 0 Å². The van der Waals surface area contributed by atoms with Crippen LogP contribution in [-0.2, 0) is 9.47 Å². The third kappa shape index (κ3) is 4.43. The Morgan fingerprint density at radius 3 is 2.65 bits per heavy atom. The summed E-state index contributed by atoms with van der Waals surface area (Å²) in [5.41, 5.74) is 0.637. The number of hydrogen-bond donors (Lipinski definition) is 0. The highest BCUT2D eigenvalue weighted by atomic mass is 79.9. The van der Waals surface area contributed by atoms with Crippen molar-refractivity contribution in [1.82, 2.24) is 0 Å². The van der Waals surface area contributed by atoms with E-state index in [1.54, 1.807) is 26.4 Å². The van der Waals surface area contributed by atoms with Gasteiger partial charge in [0.2, 0.25) is 0 Å². The van der Waals surface area contributed by atoms with E-state index in [9.17, 15) is 10.1 Å². The highest BCUT2D eigenvalue weighted by Crippen LogP contribution is 2.32. The van der Waals surface area contributed by atoms with Crippen LogP contribution in [0.5, 0.6) is 0 Å². The molecular weight excluding hydrogens is 328 g/mol. The molecule has 0 fully saturated rings. The Morgan fingerprint density at radius 2 is 2.10 bits per heavy atom. The third-order valence-corrected chi connectivity index (χ3v) is 3.41. The second-order valence-corrected chi connectivity index (χ2v) is 5.30. The maximum atomic E-state index is 11.2. The van der Waals surface area contributed by atoms with Gasteiger partial charge in [0.15, 0.2) is 0 Å². The summed E-state index contributed by atoms with van der Waals surface area (Å²) < 4.78 is 10.9. The first-order chi connectivity index (χ1) is 9.51. The van der Waals surface area contributed by atoms with E-state index in [1.807, 2.05) is 11.8 Å². The molecule has 0 amide bonds. The molecule has 0 aliphatic rings. The molecule has 0 bridgehead atoms. The van der Waals surface area contributed by atoms with Crippen LogP contribution in [0.25, 0.3) is 0 Å². The third-order valence-electron chi connectivity index (χ3n) is 2.92. The van der Waals surface area contributed by atoms with Gasteiger partial charge >= 0.3 is 0 Å². The minimum Gasteiger partial charge on any atom is -0.383 e. The lowest BCUT2D eigenvalue weighted by molar-refractivity contribution is -0.384. The predicted octanol–water partition coefficient (Wildman–Crippen LogP) is 2.85. The Balaban J connectivity index is 3.14. The zero-order valence-electron chi connectivity index (χ0n) is 11.8. The van der Waals surface area contributed by atoms with Gasteiger partial charge in [-0.25, -0.2) is 0 Å². The van der Waals surface area contributed by atoms with Crippen molar-refractivity contribution in [2.24, 2.45) is 0 Å². The second kappa shape index (κ2) is 8.18. The van der Waals surface area contributed by atoms with Crippen molar-refractivity contribution < 1.29 is 14.4 Å². The molecule has 1 rings (SSSR count). The summed E-state index contributed by atoms with van der Waals surface area (Å²) in [5, 5.41) is 11.2. The summed E-state index contributed by atoms with van der Waals surface area (Å²) in [4.78, 5) is 12.8. The molecule has 1 atom stereocenters. The molecule has 112 valence electrons. The van der Waals surface area contributed by atoms with Gasteiger partial charge in [-0.1, -0.05) is 15.9 Å². The Bertz CT molecular complexity index is 456. The molecule has 1 aromatic rings. The van der Waals surface area contributed by atoms with Gasteiger partial charge < -0.3 is 14.4 Å². The zero-order chi connectivity index (χ0) is 15.1. The number of hydrogen-bond acceptors (Lipinski definition) is 5. The molecule has 6 nitrogen and oxygen atoms in total. The average molecular weight is 347 g/mol. The number of nitro groups is 1. The molecule has 7 heteroatoms. The van der Waals surface area contributed by atoms with Crippen LogP contribution in [0.2, 0.25) is 0 Å². The highest BCUT2D eigenvalue weighted by molar-refractivity contribution is 9.10. The SMILES string of the molecule is COCCN(c1ccc(Br)cc1[N+](=O)[O-])C(C)COC. The largest absolute Gasteiger partial charge is 0.383 e. The first-order valence-corrected chi connectivity index (χ1v) is 6.99. The van der Waals surface area contributed by atoms with Crippen molar-refractivity contribution in [2.75, 3.05) is 38.9 Å². The van der Waals surface area contributed by atoms with Crippen LogP contribution in [0.3, 0.4) is 0 Å². The molecule has 1 aromatic carbocycles. The van der Waals surface area contributed by atoms with Gasteiger partial charge in [-0.3, -0.25) is 10.1 Å². The van der Waals surface area contributed by atoms with Gasteiger partial charge in [-0.15, -0.1) is 0 Å². The Labute approximate surface area is 126 Å². The van der Waals surface area contributed by atoms with E-state index in [0.29, 0.717) is 29.9 Å². The molecule has 0 heterocycles. The van der Waals surface area contributed by atoms with Crippen LogP contribution >= 0.6 is 15.9 Å². The van der Waals surface area contributed by atoms with Crippen LogP contribution in [0, 0.1) is 10.1 Å². The topological polar surface area (TPSA) is 64.8 Å². The highest BCUT2D eigenvalue weighted by Gasteiger charge is 2.23. The van der Waals surface area contributed by atoms with E-state index in [1.165, 1.54) is 6.07 Å². The molecule has 0 saturated carbocycles. The first kappa shape index (κ1) is 16.9. The molecule has 0 aliphatic carbocycles. The summed E-state index contributed by atoms with van der Waals surface area (Å²) in [6.45, 7) is 3.49. The monoisotopic (exact) mass is 346 g/mol. The van der Waals surface area contributed by atoms with Crippen molar-refractivity contribution in [1.29, 1.82) is 0 Å². The van der Waals surface area contributed by atoms with Crippen molar-refractivity contribution >= 4 is 27.3 Å². The number of nitro benzene ring substituents is 1. The van der Waals surface area contributed by atoms with Crippen molar-refractivity contribution in [2.45, 2.75) is 13.0 Å². The molecule has 20 heavy (non-hydrogen) atoms. The predicted molar refractivity (Wildman–Crippen MR) is 81.4 cm³/mol.